The van der Waals surface area contributed by atoms with E-state index in [9.17, 15) is 4.79 Å². The molecule has 0 aliphatic carbocycles. The second-order valence-corrected chi connectivity index (χ2v) is 4.53. The molecule has 0 atom stereocenters. The van der Waals surface area contributed by atoms with Crippen molar-refractivity contribution < 1.29 is 14.6 Å². The Morgan fingerprint density at radius 3 is 2.83 bits per heavy atom. The van der Waals surface area contributed by atoms with Crippen molar-refractivity contribution in [2.75, 3.05) is 0 Å². The average Bonchev–Trinajstić information content (AvgIpc) is 2.34. The molecular formula is C13H10BrNO3. The zero-order valence-electron chi connectivity index (χ0n) is 9.55. The lowest BCUT2D eigenvalue weighted by molar-refractivity contribution is 0.0696. The van der Waals surface area contributed by atoms with Crippen LogP contribution in [0.4, 0.5) is 0 Å². The number of rotatable bonds is 3. The van der Waals surface area contributed by atoms with E-state index >= 15 is 0 Å². The highest BCUT2D eigenvalue weighted by atomic mass is 79.9. The Morgan fingerprint density at radius 2 is 2.17 bits per heavy atom. The van der Waals surface area contributed by atoms with E-state index in [1.807, 2.05) is 19.1 Å². The minimum absolute atomic E-state index is 0.168. The van der Waals surface area contributed by atoms with Crippen molar-refractivity contribution in [3.63, 3.8) is 0 Å². The molecule has 92 valence electrons. The van der Waals surface area contributed by atoms with Crippen LogP contribution in [0.5, 0.6) is 11.6 Å². The first-order chi connectivity index (χ1) is 8.58. The fourth-order valence-electron chi connectivity index (χ4n) is 1.40. The van der Waals surface area contributed by atoms with E-state index in [0.29, 0.717) is 16.1 Å². The molecule has 2 rings (SSSR count). The first kappa shape index (κ1) is 12.6. The highest BCUT2D eigenvalue weighted by Crippen LogP contribution is 2.30. The average molecular weight is 308 g/mol. The molecule has 0 saturated heterocycles. The van der Waals surface area contributed by atoms with Crippen LogP contribution in [0.2, 0.25) is 0 Å². The Balaban J connectivity index is 2.37. The third-order valence-electron chi connectivity index (χ3n) is 2.35. The van der Waals surface area contributed by atoms with Gasteiger partial charge in [0.15, 0.2) is 0 Å². The molecule has 0 amide bonds. The quantitative estimate of drug-likeness (QED) is 0.940. The number of carboxylic acid groups (broad SMARTS) is 1. The maximum absolute atomic E-state index is 10.9. The number of hydrogen-bond donors (Lipinski definition) is 1. The first-order valence-corrected chi connectivity index (χ1v) is 5.99. The second-order valence-electron chi connectivity index (χ2n) is 3.68. The van der Waals surface area contributed by atoms with E-state index in [1.165, 1.54) is 12.1 Å². The number of carbonyl (C=O) groups is 1. The van der Waals surface area contributed by atoms with Crippen LogP contribution in [0.1, 0.15) is 15.9 Å². The number of aromatic carboxylic acids is 1. The molecule has 1 aromatic heterocycles. The summed E-state index contributed by atoms with van der Waals surface area (Å²) < 4.78 is 6.29. The van der Waals surface area contributed by atoms with Crippen LogP contribution in [0.15, 0.2) is 41.0 Å². The number of benzene rings is 1. The number of carboxylic acids is 1. The van der Waals surface area contributed by atoms with Gasteiger partial charge in [-0.05, 0) is 47.1 Å². The molecule has 1 aromatic carbocycles. The standard InChI is InChI=1S/C13H10BrNO3/c1-8-3-2-6-15-12(8)18-11-7-9(13(16)17)4-5-10(11)14/h2-7H,1H3,(H,16,17). The molecule has 5 heteroatoms. The summed E-state index contributed by atoms with van der Waals surface area (Å²) in [6, 6.07) is 8.28. The summed E-state index contributed by atoms with van der Waals surface area (Å²) in [7, 11) is 0. The summed E-state index contributed by atoms with van der Waals surface area (Å²) in [5.74, 6) is -0.109. The lowest BCUT2D eigenvalue weighted by Crippen LogP contribution is -1.98. The molecule has 0 saturated carbocycles. The fourth-order valence-corrected chi connectivity index (χ4v) is 1.72. The zero-order chi connectivity index (χ0) is 13.1. The van der Waals surface area contributed by atoms with E-state index in [2.05, 4.69) is 20.9 Å². The van der Waals surface area contributed by atoms with Gasteiger partial charge in [0.1, 0.15) is 5.75 Å². The van der Waals surface area contributed by atoms with Gasteiger partial charge in [0, 0.05) is 11.8 Å². The number of aromatic nitrogens is 1. The van der Waals surface area contributed by atoms with Crippen LogP contribution in [-0.4, -0.2) is 16.1 Å². The van der Waals surface area contributed by atoms with Crippen molar-refractivity contribution >= 4 is 21.9 Å². The van der Waals surface area contributed by atoms with Crippen LogP contribution in [0.3, 0.4) is 0 Å². The summed E-state index contributed by atoms with van der Waals surface area (Å²) in [6.45, 7) is 1.87. The van der Waals surface area contributed by atoms with E-state index < -0.39 is 5.97 Å². The van der Waals surface area contributed by atoms with Gasteiger partial charge in [-0.25, -0.2) is 9.78 Å². The molecule has 0 unspecified atom stereocenters. The van der Waals surface area contributed by atoms with E-state index in [-0.39, 0.29) is 5.56 Å². The topological polar surface area (TPSA) is 59.4 Å². The lowest BCUT2D eigenvalue weighted by atomic mass is 10.2. The number of pyridine rings is 1. The summed E-state index contributed by atoms with van der Waals surface area (Å²) in [4.78, 5) is 15.0. The molecular weight excluding hydrogens is 298 g/mol. The molecule has 1 N–H and O–H groups in total. The molecule has 0 spiro atoms. The van der Waals surface area contributed by atoms with Gasteiger partial charge in [-0.1, -0.05) is 6.07 Å². The van der Waals surface area contributed by atoms with Gasteiger partial charge in [-0.3, -0.25) is 0 Å². The minimum Gasteiger partial charge on any atom is -0.478 e. The highest BCUT2D eigenvalue weighted by Gasteiger charge is 2.10. The van der Waals surface area contributed by atoms with Gasteiger partial charge in [-0.2, -0.15) is 0 Å². The van der Waals surface area contributed by atoms with E-state index in [1.54, 1.807) is 12.3 Å². The third-order valence-corrected chi connectivity index (χ3v) is 3.00. The SMILES string of the molecule is Cc1cccnc1Oc1cc(C(=O)O)ccc1Br. The van der Waals surface area contributed by atoms with Gasteiger partial charge < -0.3 is 9.84 Å². The molecule has 0 fully saturated rings. The Morgan fingerprint density at radius 1 is 1.39 bits per heavy atom. The smallest absolute Gasteiger partial charge is 0.335 e. The van der Waals surface area contributed by atoms with Crippen molar-refractivity contribution in [1.29, 1.82) is 0 Å². The number of nitrogens with zero attached hydrogens (tertiary/aromatic N) is 1. The van der Waals surface area contributed by atoms with E-state index in [4.69, 9.17) is 9.84 Å². The Labute approximate surface area is 112 Å². The van der Waals surface area contributed by atoms with Crippen molar-refractivity contribution in [1.82, 2.24) is 4.98 Å². The van der Waals surface area contributed by atoms with Gasteiger partial charge in [0.2, 0.25) is 5.88 Å². The number of ether oxygens (including phenoxy) is 1. The Kier molecular flexibility index (Phi) is 3.62. The molecule has 0 aliphatic heterocycles. The van der Waals surface area contributed by atoms with Crippen molar-refractivity contribution in [3.8, 4) is 11.6 Å². The van der Waals surface area contributed by atoms with Crippen LogP contribution in [0.25, 0.3) is 0 Å². The van der Waals surface area contributed by atoms with Crippen molar-refractivity contribution in [2.24, 2.45) is 0 Å². The largest absolute Gasteiger partial charge is 0.478 e. The maximum Gasteiger partial charge on any atom is 0.335 e. The summed E-state index contributed by atoms with van der Waals surface area (Å²) in [5.41, 5.74) is 1.05. The number of aryl methyl sites for hydroxylation is 1. The van der Waals surface area contributed by atoms with Crippen LogP contribution in [0, 0.1) is 6.92 Å². The van der Waals surface area contributed by atoms with Gasteiger partial charge in [-0.15, -0.1) is 0 Å². The summed E-state index contributed by atoms with van der Waals surface area (Å²) in [6.07, 6.45) is 1.62. The van der Waals surface area contributed by atoms with E-state index in [0.717, 1.165) is 5.56 Å². The molecule has 1 heterocycles. The maximum atomic E-state index is 10.9. The van der Waals surface area contributed by atoms with Gasteiger partial charge >= 0.3 is 5.97 Å². The number of halogens is 1. The summed E-state index contributed by atoms with van der Waals surface area (Å²) >= 11 is 3.32. The highest BCUT2D eigenvalue weighted by molar-refractivity contribution is 9.10. The van der Waals surface area contributed by atoms with Crippen LogP contribution < -0.4 is 4.74 Å². The summed E-state index contributed by atoms with van der Waals surface area (Å²) in [5, 5.41) is 8.93. The molecule has 2 aromatic rings. The van der Waals surface area contributed by atoms with Gasteiger partial charge in [0.25, 0.3) is 0 Å². The third kappa shape index (κ3) is 2.68. The predicted molar refractivity (Wildman–Crippen MR) is 70.1 cm³/mol. The van der Waals surface area contributed by atoms with Crippen molar-refractivity contribution in [3.05, 3.63) is 52.1 Å². The monoisotopic (exact) mass is 307 g/mol. The normalized spacial score (nSPS) is 10.1. The Hall–Kier alpha value is -1.88. The molecule has 0 radical (unpaired) electrons. The predicted octanol–water partition coefficient (Wildman–Crippen LogP) is 3.64. The Bertz CT molecular complexity index is 599. The molecule has 4 nitrogen and oxygen atoms in total. The van der Waals surface area contributed by atoms with Crippen molar-refractivity contribution in [2.45, 2.75) is 6.92 Å². The van der Waals surface area contributed by atoms with Gasteiger partial charge in [0.05, 0.1) is 10.0 Å². The van der Waals surface area contributed by atoms with Crippen LogP contribution >= 0.6 is 15.9 Å². The molecule has 18 heavy (non-hydrogen) atoms. The number of hydrogen-bond acceptors (Lipinski definition) is 3. The van der Waals surface area contributed by atoms with Crippen LogP contribution in [-0.2, 0) is 0 Å². The zero-order valence-corrected chi connectivity index (χ0v) is 11.1. The second kappa shape index (κ2) is 5.18. The minimum atomic E-state index is -0.995. The molecule has 0 aliphatic rings. The lowest BCUT2D eigenvalue weighted by Gasteiger charge is -2.09. The fraction of sp³-hybridized carbons (Fsp3) is 0.0769. The molecule has 0 bridgehead atoms. The first-order valence-electron chi connectivity index (χ1n) is 5.20.